The third-order valence-electron chi connectivity index (χ3n) is 7.90. The van der Waals surface area contributed by atoms with Gasteiger partial charge < -0.3 is 20.9 Å². The van der Waals surface area contributed by atoms with E-state index in [0.29, 0.717) is 18.7 Å². The minimum Gasteiger partial charge on any atom is -0.342 e. The maximum atomic E-state index is 14.0. The zero-order valence-electron chi connectivity index (χ0n) is 23.4. The Morgan fingerprint density at radius 3 is 2.36 bits per heavy atom. The van der Waals surface area contributed by atoms with Crippen LogP contribution in [0.4, 0.5) is 5.69 Å². The lowest BCUT2D eigenvalue weighted by Gasteiger charge is -2.37. The first-order valence-electron chi connectivity index (χ1n) is 13.3. The molecular formula is C28H39N5O5S. The van der Waals surface area contributed by atoms with Crippen LogP contribution in [-0.4, -0.2) is 85.9 Å². The Kier molecular flexibility index (Phi) is 8.07. The summed E-state index contributed by atoms with van der Waals surface area (Å²) in [4.78, 5) is 42.2. The number of benzene rings is 2. The number of sulfonamides is 1. The Morgan fingerprint density at radius 2 is 1.72 bits per heavy atom. The highest BCUT2D eigenvalue weighted by molar-refractivity contribution is 7.88. The summed E-state index contributed by atoms with van der Waals surface area (Å²) < 4.78 is 26.8. The van der Waals surface area contributed by atoms with Gasteiger partial charge in [0.15, 0.2) is 0 Å². The molecule has 0 aliphatic carbocycles. The fourth-order valence-corrected chi connectivity index (χ4v) is 6.84. The van der Waals surface area contributed by atoms with Crippen LogP contribution in [0.25, 0.3) is 10.8 Å². The van der Waals surface area contributed by atoms with Crippen LogP contribution in [0.2, 0.25) is 0 Å². The Hall–Kier alpha value is -3.02. The van der Waals surface area contributed by atoms with Gasteiger partial charge in [-0.15, -0.1) is 0 Å². The molecule has 2 saturated heterocycles. The molecule has 0 aromatic heterocycles. The lowest BCUT2D eigenvalue weighted by molar-refractivity contribution is -0.141. The molecule has 2 aliphatic rings. The Morgan fingerprint density at radius 1 is 1.05 bits per heavy atom. The molecule has 11 heteroatoms. The number of anilines is 1. The second-order valence-electron chi connectivity index (χ2n) is 11.7. The van der Waals surface area contributed by atoms with Crippen LogP contribution in [0.15, 0.2) is 42.5 Å². The topological polar surface area (TPSA) is 128 Å². The SMILES string of the molecule is CNC(C)C(=O)NC(C(=O)N1CCC2C1C(C(=O)Nc1cccc3ccccc13)CN2S(C)(=O)=O)C(C)(C)C. The van der Waals surface area contributed by atoms with Crippen molar-refractivity contribution in [1.29, 1.82) is 0 Å². The molecular weight excluding hydrogens is 518 g/mol. The predicted octanol–water partition coefficient (Wildman–Crippen LogP) is 1.78. The minimum atomic E-state index is -3.62. The summed E-state index contributed by atoms with van der Waals surface area (Å²) >= 11 is 0. The Labute approximate surface area is 230 Å². The van der Waals surface area contributed by atoms with Gasteiger partial charge in [-0.3, -0.25) is 14.4 Å². The van der Waals surface area contributed by atoms with Crippen LogP contribution in [0.3, 0.4) is 0 Å². The van der Waals surface area contributed by atoms with E-state index in [9.17, 15) is 22.8 Å². The largest absolute Gasteiger partial charge is 0.342 e. The van der Waals surface area contributed by atoms with Crippen molar-refractivity contribution in [3.63, 3.8) is 0 Å². The van der Waals surface area contributed by atoms with Crippen molar-refractivity contribution in [3.8, 4) is 0 Å². The van der Waals surface area contributed by atoms with Gasteiger partial charge in [0.1, 0.15) is 6.04 Å². The second-order valence-corrected chi connectivity index (χ2v) is 13.6. The van der Waals surface area contributed by atoms with E-state index < -0.39 is 45.5 Å². The smallest absolute Gasteiger partial charge is 0.246 e. The molecule has 2 aliphatic heterocycles. The lowest BCUT2D eigenvalue weighted by Crippen LogP contribution is -2.59. The molecule has 2 heterocycles. The number of nitrogens with zero attached hydrogens (tertiary/aromatic N) is 2. The maximum absolute atomic E-state index is 14.0. The van der Waals surface area contributed by atoms with E-state index in [1.807, 2.05) is 63.2 Å². The number of likely N-dealkylation sites (N-methyl/N-ethyl adjacent to an activating group) is 1. The molecule has 0 bridgehead atoms. The van der Waals surface area contributed by atoms with Crippen molar-refractivity contribution < 1.29 is 22.8 Å². The first-order chi connectivity index (χ1) is 18.2. The van der Waals surface area contributed by atoms with Gasteiger partial charge in [0.25, 0.3) is 0 Å². The van der Waals surface area contributed by atoms with Crippen LogP contribution in [0, 0.1) is 11.3 Å². The minimum absolute atomic E-state index is 0.0160. The molecule has 3 amide bonds. The van der Waals surface area contributed by atoms with Crippen LogP contribution < -0.4 is 16.0 Å². The van der Waals surface area contributed by atoms with Gasteiger partial charge in [-0.05, 0) is 37.3 Å². The summed E-state index contributed by atoms with van der Waals surface area (Å²) in [6.45, 7) is 7.60. The quantitative estimate of drug-likeness (QED) is 0.476. The number of rotatable bonds is 7. The maximum Gasteiger partial charge on any atom is 0.246 e. The standard InChI is InChI=1S/C28H39N5O5S/c1-17(29-5)25(34)31-24(28(2,3)4)27(36)32-15-14-22-23(32)20(16-33(22)39(6,37)38)26(35)30-21-13-9-11-18-10-7-8-12-19(18)21/h7-13,17,20,22-24,29H,14-16H2,1-6H3,(H,30,35)(H,31,34). The molecule has 2 aromatic rings. The molecule has 10 nitrogen and oxygen atoms in total. The first-order valence-corrected chi connectivity index (χ1v) is 15.1. The second kappa shape index (κ2) is 10.9. The summed E-state index contributed by atoms with van der Waals surface area (Å²) in [5.41, 5.74) is 0.0120. The summed E-state index contributed by atoms with van der Waals surface area (Å²) in [6.07, 6.45) is 1.55. The number of carbonyl (C=O) groups is 3. The van der Waals surface area contributed by atoms with E-state index in [1.165, 1.54) is 4.31 Å². The van der Waals surface area contributed by atoms with Gasteiger partial charge in [0.05, 0.1) is 24.3 Å². The van der Waals surface area contributed by atoms with E-state index in [0.717, 1.165) is 17.0 Å². The van der Waals surface area contributed by atoms with Crippen LogP contribution in [0.5, 0.6) is 0 Å². The van der Waals surface area contributed by atoms with Crippen molar-refractivity contribution in [1.82, 2.24) is 19.8 Å². The first kappa shape index (κ1) is 29.0. The molecule has 0 spiro atoms. The van der Waals surface area contributed by atoms with E-state index >= 15 is 0 Å². The average molecular weight is 558 g/mol. The van der Waals surface area contributed by atoms with Crippen LogP contribution in [0.1, 0.15) is 34.1 Å². The van der Waals surface area contributed by atoms with Crippen molar-refractivity contribution in [3.05, 3.63) is 42.5 Å². The van der Waals surface area contributed by atoms with Gasteiger partial charge in [-0.1, -0.05) is 57.2 Å². The number of fused-ring (bicyclic) bond motifs is 2. The zero-order valence-corrected chi connectivity index (χ0v) is 24.2. The summed E-state index contributed by atoms with van der Waals surface area (Å²) in [7, 11) is -1.96. The monoisotopic (exact) mass is 557 g/mol. The molecule has 5 atom stereocenters. The highest BCUT2D eigenvalue weighted by atomic mass is 32.2. The van der Waals surface area contributed by atoms with Gasteiger partial charge in [-0.25, -0.2) is 8.42 Å². The Bertz CT molecular complexity index is 1370. The number of hydrogen-bond acceptors (Lipinski definition) is 6. The molecule has 0 saturated carbocycles. The summed E-state index contributed by atoms with van der Waals surface area (Å²) in [5.74, 6) is -1.74. The molecule has 2 fully saturated rings. The number of nitrogens with one attached hydrogen (secondary N) is 3. The van der Waals surface area contributed by atoms with Crippen LogP contribution in [-0.2, 0) is 24.4 Å². The molecule has 4 rings (SSSR count). The van der Waals surface area contributed by atoms with E-state index in [1.54, 1.807) is 18.9 Å². The van der Waals surface area contributed by atoms with E-state index in [4.69, 9.17) is 0 Å². The van der Waals surface area contributed by atoms with Crippen molar-refractivity contribution in [2.24, 2.45) is 11.3 Å². The highest BCUT2D eigenvalue weighted by Crippen LogP contribution is 2.39. The van der Waals surface area contributed by atoms with Gasteiger partial charge in [0.2, 0.25) is 27.7 Å². The molecule has 0 radical (unpaired) electrons. The third-order valence-corrected chi connectivity index (χ3v) is 9.17. The van der Waals surface area contributed by atoms with Crippen LogP contribution >= 0.6 is 0 Å². The lowest BCUT2D eigenvalue weighted by atomic mass is 9.85. The van der Waals surface area contributed by atoms with Crippen molar-refractivity contribution >= 4 is 44.2 Å². The number of hydrogen-bond donors (Lipinski definition) is 3. The van der Waals surface area contributed by atoms with Gasteiger partial charge >= 0.3 is 0 Å². The highest BCUT2D eigenvalue weighted by Gasteiger charge is 2.56. The Balaban J connectivity index is 1.66. The van der Waals surface area contributed by atoms with Gasteiger partial charge in [-0.2, -0.15) is 4.31 Å². The zero-order chi connectivity index (χ0) is 28.7. The average Bonchev–Trinajstić information content (AvgIpc) is 3.46. The van der Waals surface area contributed by atoms with Gasteiger partial charge in [0, 0.05) is 30.2 Å². The molecule has 2 aromatic carbocycles. The van der Waals surface area contributed by atoms with Crippen molar-refractivity contribution in [2.45, 2.75) is 58.3 Å². The van der Waals surface area contributed by atoms with Crippen molar-refractivity contribution in [2.75, 3.05) is 31.7 Å². The van der Waals surface area contributed by atoms with E-state index in [2.05, 4.69) is 16.0 Å². The van der Waals surface area contributed by atoms with E-state index in [-0.39, 0.29) is 24.3 Å². The summed E-state index contributed by atoms with van der Waals surface area (Å²) in [5, 5.41) is 10.6. The molecule has 5 unspecified atom stereocenters. The third kappa shape index (κ3) is 5.80. The predicted molar refractivity (Wildman–Crippen MR) is 151 cm³/mol. The molecule has 39 heavy (non-hydrogen) atoms. The fourth-order valence-electron chi connectivity index (χ4n) is 5.69. The molecule has 3 N–H and O–H groups in total. The normalized spacial score (nSPS) is 23.3. The molecule has 212 valence electrons. The number of amides is 3. The summed E-state index contributed by atoms with van der Waals surface area (Å²) in [6, 6.07) is 10.8. The fraction of sp³-hybridized carbons (Fsp3) is 0.536. The number of likely N-dealkylation sites (tertiary alicyclic amines) is 1. The number of carbonyl (C=O) groups excluding carboxylic acids is 3.